The number of nitrogens with one attached hydrogen (secondary N) is 1. The molecular weight excluding hydrogens is 421 g/mol. The maximum Gasteiger partial charge on any atom is 0.338 e. The molecule has 0 bridgehead atoms. The number of esters is 1. The number of fused-ring (bicyclic) bond motifs is 1. The molecule has 0 spiro atoms. The monoisotopic (exact) mass is 441 g/mol. The number of benzene rings is 3. The number of halogens is 1. The van der Waals surface area contributed by atoms with Gasteiger partial charge in [0.05, 0.1) is 23.9 Å². The van der Waals surface area contributed by atoms with E-state index in [2.05, 4.69) is 10.2 Å². The molecule has 2 heterocycles. The van der Waals surface area contributed by atoms with Crippen LogP contribution in [-0.4, -0.2) is 28.7 Å². The Labute approximate surface area is 189 Å². The summed E-state index contributed by atoms with van der Waals surface area (Å²) in [5, 5.41) is 7.33. The number of amides is 1. The zero-order chi connectivity index (χ0) is 22.9. The largest absolute Gasteiger partial charge is 0.462 e. The summed E-state index contributed by atoms with van der Waals surface area (Å²) < 4.78 is 18.7. The number of H-pyrrole nitrogens is 1. The third kappa shape index (κ3) is 3.57. The Balaban J connectivity index is 1.63. The summed E-state index contributed by atoms with van der Waals surface area (Å²) in [5.41, 5.74) is 4.40. The van der Waals surface area contributed by atoms with Crippen molar-refractivity contribution in [2.24, 2.45) is 0 Å². The number of aromatic nitrogens is 2. The summed E-state index contributed by atoms with van der Waals surface area (Å²) in [4.78, 5) is 27.2. The lowest BCUT2D eigenvalue weighted by atomic mass is 9.96. The molecule has 1 atom stereocenters. The highest BCUT2D eigenvalue weighted by molar-refractivity contribution is 6.11. The van der Waals surface area contributed by atoms with Crippen LogP contribution in [0.15, 0.2) is 78.9 Å². The molecule has 0 fully saturated rings. The summed E-state index contributed by atoms with van der Waals surface area (Å²) in [6.45, 7) is 2.02. The lowest BCUT2D eigenvalue weighted by Gasteiger charge is -2.26. The van der Waals surface area contributed by atoms with E-state index in [-0.39, 0.29) is 18.3 Å². The molecule has 1 aliphatic heterocycles. The standard InChI is InChI=1S/C26H20FN3O3/c1-2-33-26(32)18-10-14-20(15-11-18)30-24(17-8-12-19(27)13-9-17)21-22(16-6-4-3-5-7-16)28-29-23(21)25(30)31/h3-15,24H,2H2,1H3,(H,28,29)/t24-/m1/s1. The Kier molecular flexibility index (Phi) is 5.22. The Morgan fingerprint density at radius 1 is 1.03 bits per heavy atom. The van der Waals surface area contributed by atoms with Gasteiger partial charge in [0.15, 0.2) is 0 Å². The maximum atomic E-state index is 13.7. The van der Waals surface area contributed by atoms with Crippen LogP contribution in [0.5, 0.6) is 0 Å². The molecule has 1 aromatic heterocycles. The number of nitrogens with zero attached hydrogens (tertiary/aromatic N) is 2. The van der Waals surface area contributed by atoms with Crippen LogP contribution >= 0.6 is 0 Å². The van der Waals surface area contributed by atoms with Crippen LogP contribution < -0.4 is 4.90 Å². The van der Waals surface area contributed by atoms with Gasteiger partial charge in [0.2, 0.25) is 0 Å². The van der Waals surface area contributed by atoms with E-state index >= 15 is 0 Å². The summed E-state index contributed by atoms with van der Waals surface area (Å²) in [5.74, 6) is -1.03. The van der Waals surface area contributed by atoms with Crippen molar-refractivity contribution in [3.8, 4) is 11.3 Å². The quantitative estimate of drug-likeness (QED) is 0.435. The average molecular weight is 441 g/mol. The normalized spacial score (nSPS) is 14.9. The van der Waals surface area contributed by atoms with Gasteiger partial charge in [-0.3, -0.25) is 14.8 Å². The molecule has 5 rings (SSSR count). The van der Waals surface area contributed by atoms with Crippen LogP contribution in [0.2, 0.25) is 0 Å². The summed E-state index contributed by atoms with van der Waals surface area (Å²) in [6, 6.07) is 21.8. The van der Waals surface area contributed by atoms with E-state index in [9.17, 15) is 14.0 Å². The highest BCUT2D eigenvalue weighted by atomic mass is 19.1. The van der Waals surface area contributed by atoms with Crippen LogP contribution in [0, 0.1) is 5.82 Å². The van der Waals surface area contributed by atoms with E-state index in [0.29, 0.717) is 22.6 Å². The van der Waals surface area contributed by atoms with Gasteiger partial charge in [-0.1, -0.05) is 42.5 Å². The van der Waals surface area contributed by atoms with Gasteiger partial charge < -0.3 is 4.74 Å². The van der Waals surface area contributed by atoms with E-state index in [0.717, 1.165) is 16.7 Å². The second-order valence-electron chi connectivity index (χ2n) is 7.62. The number of ether oxygens (including phenoxy) is 1. The molecule has 1 N–H and O–H groups in total. The first-order chi connectivity index (χ1) is 16.1. The van der Waals surface area contributed by atoms with E-state index < -0.39 is 12.0 Å². The highest BCUT2D eigenvalue weighted by Crippen LogP contribution is 2.45. The van der Waals surface area contributed by atoms with Gasteiger partial charge >= 0.3 is 5.97 Å². The molecule has 3 aromatic carbocycles. The SMILES string of the molecule is CCOC(=O)c1ccc(N2C(=O)c3[nH]nc(-c4ccccc4)c3[C@H]2c2ccc(F)cc2)cc1. The molecule has 0 aliphatic carbocycles. The molecule has 4 aromatic rings. The minimum Gasteiger partial charge on any atom is -0.462 e. The minimum absolute atomic E-state index is 0.252. The van der Waals surface area contributed by atoms with Crippen molar-refractivity contribution < 1.29 is 18.7 Å². The lowest BCUT2D eigenvalue weighted by Crippen LogP contribution is -2.29. The van der Waals surface area contributed by atoms with Gasteiger partial charge in [-0.05, 0) is 48.9 Å². The predicted molar refractivity (Wildman–Crippen MR) is 121 cm³/mol. The Hall–Kier alpha value is -4.26. The fraction of sp³-hybridized carbons (Fsp3) is 0.115. The lowest BCUT2D eigenvalue weighted by molar-refractivity contribution is 0.0526. The maximum absolute atomic E-state index is 13.7. The molecule has 6 nitrogen and oxygen atoms in total. The van der Waals surface area contributed by atoms with Gasteiger partial charge in [0.25, 0.3) is 5.91 Å². The van der Waals surface area contributed by atoms with Crippen molar-refractivity contribution in [1.82, 2.24) is 10.2 Å². The van der Waals surface area contributed by atoms with E-state index in [4.69, 9.17) is 4.74 Å². The fourth-order valence-corrected chi connectivity index (χ4v) is 4.16. The van der Waals surface area contributed by atoms with E-state index in [1.54, 1.807) is 48.2 Å². The van der Waals surface area contributed by atoms with Crippen LogP contribution in [0.3, 0.4) is 0 Å². The first-order valence-electron chi connectivity index (χ1n) is 10.6. The fourth-order valence-electron chi connectivity index (χ4n) is 4.16. The molecule has 0 radical (unpaired) electrons. The zero-order valence-electron chi connectivity index (χ0n) is 17.8. The number of anilines is 1. The van der Waals surface area contributed by atoms with E-state index in [1.165, 1.54) is 12.1 Å². The van der Waals surface area contributed by atoms with Crippen LogP contribution in [-0.2, 0) is 4.74 Å². The summed E-state index contributed by atoms with van der Waals surface area (Å²) in [7, 11) is 0. The van der Waals surface area contributed by atoms with E-state index in [1.807, 2.05) is 30.3 Å². The molecule has 164 valence electrons. The Morgan fingerprint density at radius 2 is 1.73 bits per heavy atom. The molecule has 33 heavy (non-hydrogen) atoms. The van der Waals surface area contributed by atoms with Gasteiger partial charge in [-0.2, -0.15) is 5.10 Å². The first-order valence-corrected chi connectivity index (χ1v) is 10.6. The molecule has 1 amide bonds. The van der Waals surface area contributed by atoms with Crippen LogP contribution in [0.4, 0.5) is 10.1 Å². The van der Waals surface area contributed by atoms with Gasteiger partial charge in [0.1, 0.15) is 11.5 Å². The van der Waals surface area contributed by atoms with Crippen LogP contribution in [0.25, 0.3) is 11.3 Å². The Bertz CT molecular complexity index is 1320. The molecule has 0 unspecified atom stereocenters. The third-order valence-corrected chi connectivity index (χ3v) is 5.66. The third-order valence-electron chi connectivity index (χ3n) is 5.66. The van der Waals surface area contributed by atoms with Crippen molar-refractivity contribution in [1.29, 1.82) is 0 Å². The second-order valence-corrected chi connectivity index (χ2v) is 7.62. The smallest absolute Gasteiger partial charge is 0.338 e. The first kappa shape index (κ1) is 20.6. The van der Waals surface area contributed by atoms with Crippen molar-refractivity contribution in [2.45, 2.75) is 13.0 Å². The van der Waals surface area contributed by atoms with Crippen molar-refractivity contribution in [3.63, 3.8) is 0 Å². The molecule has 0 saturated carbocycles. The van der Waals surface area contributed by atoms with Gasteiger partial charge in [-0.25, -0.2) is 9.18 Å². The number of aromatic amines is 1. The number of hydrogen-bond acceptors (Lipinski definition) is 4. The summed E-state index contributed by atoms with van der Waals surface area (Å²) in [6.07, 6.45) is 0. The molecule has 0 saturated heterocycles. The topological polar surface area (TPSA) is 75.3 Å². The Morgan fingerprint density at radius 3 is 2.39 bits per heavy atom. The highest BCUT2D eigenvalue weighted by Gasteiger charge is 2.43. The zero-order valence-corrected chi connectivity index (χ0v) is 17.8. The molecular formula is C26H20FN3O3. The number of carbonyl (C=O) groups excluding carboxylic acids is 2. The molecule has 7 heteroatoms. The minimum atomic E-state index is -0.518. The number of rotatable bonds is 5. The van der Waals surface area contributed by atoms with Gasteiger partial charge in [0, 0.05) is 16.8 Å². The van der Waals surface area contributed by atoms with Crippen LogP contribution in [0.1, 0.15) is 44.9 Å². The van der Waals surface area contributed by atoms with Crippen molar-refractivity contribution in [2.75, 3.05) is 11.5 Å². The average Bonchev–Trinajstić information content (AvgIpc) is 3.39. The number of hydrogen-bond donors (Lipinski definition) is 1. The number of carbonyl (C=O) groups is 2. The van der Waals surface area contributed by atoms with Crippen molar-refractivity contribution in [3.05, 3.63) is 107 Å². The summed E-state index contributed by atoms with van der Waals surface area (Å²) >= 11 is 0. The van der Waals surface area contributed by atoms with Gasteiger partial charge in [-0.15, -0.1) is 0 Å². The predicted octanol–water partition coefficient (Wildman–Crippen LogP) is 5.14. The molecule has 1 aliphatic rings. The van der Waals surface area contributed by atoms with Crippen molar-refractivity contribution >= 4 is 17.6 Å². The second kappa shape index (κ2) is 8.35.